The smallest absolute Gasteiger partial charge is 0.228 e. The molecule has 0 aliphatic heterocycles. The molecule has 2 atom stereocenters. The Labute approximate surface area is 154 Å². The first kappa shape index (κ1) is 18.6. The summed E-state index contributed by atoms with van der Waals surface area (Å²) in [6.45, 7) is 5.08. The average molecular weight is 372 g/mol. The normalized spacial score (nSPS) is 19.8. The number of pyridine rings is 1. The van der Waals surface area contributed by atoms with E-state index in [2.05, 4.69) is 10.3 Å². The minimum atomic E-state index is -3.26. The Morgan fingerprint density at radius 3 is 2.65 bits per heavy atom. The SMILES string of the molecule is CC(C)(C)S(=O)(=O)Cc1cccc(NC(=O)[C@H]2C[C@@H]2c2cccnc2)c1. The number of hydrogen-bond acceptors (Lipinski definition) is 4. The molecular weight excluding hydrogens is 348 g/mol. The van der Waals surface area contributed by atoms with Gasteiger partial charge in [0.15, 0.2) is 9.84 Å². The molecule has 0 unspecified atom stereocenters. The maximum absolute atomic E-state index is 12.5. The molecule has 2 aromatic rings. The molecule has 1 aliphatic carbocycles. The predicted octanol–water partition coefficient (Wildman–Crippen LogP) is 3.54. The van der Waals surface area contributed by atoms with Crippen LogP contribution in [-0.4, -0.2) is 24.1 Å². The van der Waals surface area contributed by atoms with Crippen LogP contribution in [0.4, 0.5) is 5.69 Å². The molecule has 0 spiro atoms. The molecular formula is C20H24N2O3S. The molecule has 0 radical (unpaired) electrons. The highest BCUT2D eigenvalue weighted by atomic mass is 32.2. The summed E-state index contributed by atoms with van der Waals surface area (Å²) >= 11 is 0. The fourth-order valence-electron chi connectivity index (χ4n) is 2.86. The Hall–Kier alpha value is -2.21. The summed E-state index contributed by atoms with van der Waals surface area (Å²) in [6, 6.07) is 10.9. The summed E-state index contributed by atoms with van der Waals surface area (Å²) in [6.07, 6.45) is 4.34. The number of hydrogen-bond donors (Lipinski definition) is 1. The van der Waals surface area contributed by atoms with Crippen molar-refractivity contribution >= 4 is 21.4 Å². The molecule has 1 heterocycles. The van der Waals surface area contributed by atoms with Crippen LogP contribution in [0.3, 0.4) is 0 Å². The molecule has 5 nitrogen and oxygen atoms in total. The van der Waals surface area contributed by atoms with Crippen LogP contribution in [0.25, 0.3) is 0 Å². The molecule has 3 rings (SSSR count). The van der Waals surface area contributed by atoms with E-state index < -0.39 is 14.6 Å². The second-order valence-electron chi connectivity index (χ2n) is 7.80. The zero-order valence-electron chi connectivity index (χ0n) is 15.3. The Kier molecular flexibility index (Phi) is 4.88. The van der Waals surface area contributed by atoms with Crippen LogP contribution in [0.2, 0.25) is 0 Å². The van der Waals surface area contributed by atoms with Gasteiger partial charge in [-0.25, -0.2) is 8.42 Å². The number of anilines is 1. The van der Waals surface area contributed by atoms with Crippen LogP contribution in [-0.2, 0) is 20.4 Å². The van der Waals surface area contributed by atoms with Gasteiger partial charge in [0.05, 0.1) is 10.5 Å². The van der Waals surface area contributed by atoms with Gasteiger partial charge in [-0.05, 0) is 62.4 Å². The second-order valence-corrected chi connectivity index (χ2v) is 10.5. The summed E-state index contributed by atoms with van der Waals surface area (Å²) in [5.74, 6) is 0.0890. The molecule has 0 saturated heterocycles. The summed E-state index contributed by atoms with van der Waals surface area (Å²) in [7, 11) is -3.26. The molecule has 1 aromatic heterocycles. The molecule has 1 N–H and O–H groups in total. The van der Waals surface area contributed by atoms with E-state index in [4.69, 9.17) is 0 Å². The zero-order valence-corrected chi connectivity index (χ0v) is 16.1. The number of sulfone groups is 1. The van der Waals surface area contributed by atoms with Crippen LogP contribution in [0.1, 0.15) is 44.2 Å². The fourth-order valence-corrected chi connectivity index (χ4v) is 3.91. The van der Waals surface area contributed by atoms with Crippen LogP contribution in [0.5, 0.6) is 0 Å². The molecule has 138 valence electrons. The molecule has 6 heteroatoms. The summed E-state index contributed by atoms with van der Waals surface area (Å²) in [5.41, 5.74) is 2.39. The van der Waals surface area contributed by atoms with Gasteiger partial charge in [-0.1, -0.05) is 18.2 Å². The van der Waals surface area contributed by atoms with Gasteiger partial charge in [0.25, 0.3) is 0 Å². The Morgan fingerprint density at radius 2 is 2.00 bits per heavy atom. The van der Waals surface area contributed by atoms with Crippen molar-refractivity contribution in [2.24, 2.45) is 5.92 Å². The van der Waals surface area contributed by atoms with Crippen molar-refractivity contribution in [2.75, 3.05) is 5.32 Å². The lowest BCUT2D eigenvalue weighted by molar-refractivity contribution is -0.117. The predicted molar refractivity (Wildman–Crippen MR) is 103 cm³/mol. The first-order chi connectivity index (χ1) is 12.2. The molecule has 26 heavy (non-hydrogen) atoms. The Balaban J connectivity index is 1.65. The molecule has 1 aromatic carbocycles. The van der Waals surface area contributed by atoms with Gasteiger partial charge in [-0.2, -0.15) is 0 Å². The summed E-state index contributed by atoms with van der Waals surface area (Å²) in [4.78, 5) is 16.6. The number of carbonyl (C=O) groups is 1. The van der Waals surface area contributed by atoms with Gasteiger partial charge < -0.3 is 5.32 Å². The van der Waals surface area contributed by atoms with E-state index in [-0.39, 0.29) is 23.5 Å². The van der Waals surface area contributed by atoms with Crippen LogP contribution in [0.15, 0.2) is 48.8 Å². The van der Waals surface area contributed by atoms with Gasteiger partial charge in [0.2, 0.25) is 5.91 Å². The Morgan fingerprint density at radius 1 is 1.23 bits per heavy atom. The minimum absolute atomic E-state index is 0.0327. The fraction of sp³-hybridized carbons (Fsp3) is 0.400. The minimum Gasteiger partial charge on any atom is -0.326 e. The van der Waals surface area contributed by atoms with Gasteiger partial charge >= 0.3 is 0 Å². The highest BCUT2D eigenvalue weighted by Crippen LogP contribution is 2.47. The first-order valence-electron chi connectivity index (χ1n) is 8.69. The van der Waals surface area contributed by atoms with Crippen LogP contribution in [0, 0.1) is 5.92 Å². The number of nitrogens with one attached hydrogen (secondary N) is 1. The second kappa shape index (κ2) is 6.83. The quantitative estimate of drug-likeness (QED) is 0.871. The molecule has 0 bridgehead atoms. The molecule has 1 saturated carbocycles. The van der Waals surface area contributed by atoms with E-state index in [0.717, 1.165) is 12.0 Å². The molecule has 1 aliphatic rings. The van der Waals surface area contributed by atoms with Crippen molar-refractivity contribution in [1.82, 2.24) is 4.98 Å². The highest BCUT2D eigenvalue weighted by molar-refractivity contribution is 7.91. The van der Waals surface area contributed by atoms with Crippen molar-refractivity contribution in [1.29, 1.82) is 0 Å². The van der Waals surface area contributed by atoms with E-state index in [9.17, 15) is 13.2 Å². The topological polar surface area (TPSA) is 76.1 Å². The van der Waals surface area contributed by atoms with Gasteiger partial charge in [0, 0.05) is 24.0 Å². The Bertz CT molecular complexity index is 902. The average Bonchev–Trinajstić information content (AvgIpc) is 3.35. The monoisotopic (exact) mass is 372 g/mol. The van der Waals surface area contributed by atoms with Crippen LogP contribution < -0.4 is 5.32 Å². The van der Waals surface area contributed by atoms with Crippen molar-refractivity contribution in [2.45, 2.75) is 43.6 Å². The zero-order chi connectivity index (χ0) is 18.9. The van der Waals surface area contributed by atoms with Crippen molar-refractivity contribution in [3.63, 3.8) is 0 Å². The van der Waals surface area contributed by atoms with Crippen molar-refractivity contribution < 1.29 is 13.2 Å². The van der Waals surface area contributed by atoms with E-state index >= 15 is 0 Å². The van der Waals surface area contributed by atoms with Crippen molar-refractivity contribution in [3.8, 4) is 0 Å². The maximum atomic E-state index is 12.5. The van der Waals surface area contributed by atoms with Gasteiger partial charge in [0.1, 0.15) is 0 Å². The molecule has 1 fully saturated rings. The lowest BCUT2D eigenvalue weighted by atomic mass is 10.1. The van der Waals surface area contributed by atoms with E-state index in [1.54, 1.807) is 57.4 Å². The lowest BCUT2D eigenvalue weighted by Gasteiger charge is -2.19. The number of aromatic nitrogens is 1. The number of amides is 1. The molecule has 1 amide bonds. The number of carbonyl (C=O) groups excluding carboxylic acids is 1. The number of nitrogens with zero attached hydrogens (tertiary/aromatic N) is 1. The number of benzene rings is 1. The highest BCUT2D eigenvalue weighted by Gasteiger charge is 2.44. The number of rotatable bonds is 5. The third-order valence-electron chi connectivity index (χ3n) is 4.72. The largest absolute Gasteiger partial charge is 0.326 e. The van der Waals surface area contributed by atoms with E-state index in [0.29, 0.717) is 11.3 Å². The third kappa shape index (κ3) is 4.12. The maximum Gasteiger partial charge on any atom is 0.228 e. The van der Waals surface area contributed by atoms with E-state index in [1.807, 2.05) is 12.1 Å². The standard InChI is InChI=1S/C20H24N2O3S/c1-20(2,3)26(24,25)13-14-6-4-8-16(10-14)22-19(23)18-11-17(18)15-7-5-9-21-12-15/h4-10,12,17-18H,11,13H2,1-3H3,(H,22,23)/t17-,18+/m1/s1. The van der Waals surface area contributed by atoms with Crippen LogP contribution >= 0.6 is 0 Å². The first-order valence-corrected chi connectivity index (χ1v) is 10.3. The van der Waals surface area contributed by atoms with Crippen molar-refractivity contribution in [3.05, 3.63) is 59.9 Å². The summed E-state index contributed by atoms with van der Waals surface area (Å²) < 4.78 is 24.0. The summed E-state index contributed by atoms with van der Waals surface area (Å²) in [5, 5.41) is 2.91. The van der Waals surface area contributed by atoms with Gasteiger partial charge in [-0.15, -0.1) is 0 Å². The van der Waals surface area contributed by atoms with Gasteiger partial charge in [-0.3, -0.25) is 9.78 Å². The lowest BCUT2D eigenvalue weighted by Crippen LogP contribution is -2.29. The van der Waals surface area contributed by atoms with E-state index in [1.165, 1.54) is 0 Å². The third-order valence-corrected chi connectivity index (χ3v) is 7.30.